The molecule has 3 heteroatoms. The van der Waals surface area contributed by atoms with E-state index in [-0.39, 0.29) is 24.1 Å². The molecule has 0 bridgehead atoms. The minimum absolute atomic E-state index is 0.00315. The Kier molecular flexibility index (Phi) is 4.47. The summed E-state index contributed by atoms with van der Waals surface area (Å²) in [5.41, 5.74) is 0.910. The van der Waals surface area contributed by atoms with Crippen LogP contribution in [0.15, 0.2) is 18.2 Å². The lowest BCUT2D eigenvalue weighted by atomic mass is 10.0. The van der Waals surface area contributed by atoms with Crippen molar-refractivity contribution in [3.05, 3.63) is 29.6 Å². The minimum Gasteiger partial charge on any atom is -0.483 e. The average Bonchev–Trinajstić information content (AvgIpc) is 2.28. The largest absolute Gasteiger partial charge is 0.483 e. The van der Waals surface area contributed by atoms with E-state index in [1.165, 1.54) is 6.07 Å². The second-order valence-corrected chi connectivity index (χ2v) is 4.00. The van der Waals surface area contributed by atoms with Crippen LogP contribution in [0.5, 0.6) is 5.75 Å². The van der Waals surface area contributed by atoms with Gasteiger partial charge in [0.05, 0.1) is 0 Å². The topological polar surface area (TPSA) is 26.3 Å². The first kappa shape index (κ1) is 12.7. The molecule has 1 rings (SSSR count). The fourth-order valence-electron chi connectivity index (χ4n) is 1.24. The number of benzene rings is 1. The molecule has 0 saturated heterocycles. The molecule has 0 heterocycles. The van der Waals surface area contributed by atoms with Crippen LogP contribution in [0.3, 0.4) is 0 Å². The number of halogens is 1. The van der Waals surface area contributed by atoms with Gasteiger partial charge in [-0.15, -0.1) is 0 Å². The first-order chi connectivity index (χ1) is 7.54. The molecule has 0 aliphatic carbocycles. The molecule has 2 nitrogen and oxygen atoms in total. The standard InChI is InChI=1S/C13H17FO2/c1-4-10(3)12(15)8-16-13-7-9(2)5-6-11(13)14/h5-7,10H,4,8H2,1-3H3. The van der Waals surface area contributed by atoms with Crippen LogP contribution in [0.2, 0.25) is 0 Å². The Bertz CT molecular complexity index is 374. The third-order valence-corrected chi connectivity index (χ3v) is 2.62. The van der Waals surface area contributed by atoms with Crippen LogP contribution in [0.1, 0.15) is 25.8 Å². The number of hydrogen-bond acceptors (Lipinski definition) is 2. The zero-order valence-corrected chi connectivity index (χ0v) is 9.92. The quantitative estimate of drug-likeness (QED) is 0.768. The van der Waals surface area contributed by atoms with Crippen molar-refractivity contribution < 1.29 is 13.9 Å². The Labute approximate surface area is 95.4 Å². The molecule has 1 atom stereocenters. The molecule has 0 aromatic heterocycles. The molecule has 0 saturated carbocycles. The molecule has 0 amide bonds. The molecule has 1 aromatic carbocycles. The van der Waals surface area contributed by atoms with E-state index in [2.05, 4.69) is 0 Å². The highest BCUT2D eigenvalue weighted by Gasteiger charge is 2.12. The van der Waals surface area contributed by atoms with Crippen molar-refractivity contribution >= 4 is 5.78 Å². The summed E-state index contributed by atoms with van der Waals surface area (Å²) in [6.45, 7) is 5.58. The molecule has 88 valence electrons. The van der Waals surface area contributed by atoms with Crippen LogP contribution in [-0.4, -0.2) is 12.4 Å². The van der Waals surface area contributed by atoms with Gasteiger partial charge in [-0.3, -0.25) is 4.79 Å². The molecule has 0 aliphatic heterocycles. The molecular formula is C13H17FO2. The van der Waals surface area contributed by atoms with E-state index in [9.17, 15) is 9.18 Å². The third kappa shape index (κ3) is 3.33. The summed E-state index contributed by atoms with van der Waals surface area (Å²) < 4.78 is 18.4. The van der Waals surface area contributed by atoms with Gasteiger partial charge in [-0.2, -0.15) is 0 Å². The van der Waals surface area contributed by atoms with Crippen molar-refractivity contribution in [1.29, 1.82) is 0 Å². The van der Waals surface area contributed by atoms with Crippen molar-refractivity contribution in [2.45, 2.75) is 27.2 Å². The van der Waals surface area contributed by atoms with Gasteiger partial charge in [-0.05, 0) is 31.0 Å². The van der Waals surface area contributed by atoms with Gasteiger partial charge >= 0.3 is 0 Å². The van der Waals surface area contributed by atoms with E-state index in [1.54, 1.807) is 12.1 Å². The van der Waals surface area contributed by atoms with E-state index in [0.717, 1.165) is 12.0 Å². The molecule has 16 heavy (non-hydrogen) atoms. The van der Waals surface area contributed by atoms with Gasteiger partial charge in [0.15, 0.2) is 17.3 Å². The van der Waals surface area contributed by atoms with Gasteiger partial charge in [-0.25, -0.2) is 4.39 Å². The highest BCUT2D eigenvalue weighted by Crippen LogP contribution is 2.18. The first-order valence-corrected chi connectivity index (χ1v) is 5.46. The fraction of sp³-hybridized carbons (Fsp3) is 0.462. The highest BCUT2D eigenvalue weighted by atomic mass is 19.1. The van der Waals surface area contributed by atoms with Gasteiger partial charge in [0.2, 0.25) is 0 Å². The number of carbonyl (C=O) groups is 1. The van der Waals surface area contributed by atoms with Crippen molar-refractivity contribution in [3.63, 3.8) is 0 Å². The van der Waals surface area contributed by atoms with Crippen LogP contribution >= 0.6 is 0 Å². The highest BCUT2D eigenvalue weighted by molar-refractivity contribution is 5.82. The Morgan fingerprint density at radius 3 is 2.81 bits per heavy atom. The third-order valence-electron chi connectivity index (χ3n) is 2.62. The smallest absolute Gasteiger partial charge is 0.172 e. The zero-order chi connectivity index (χ0) is 12.1. The maximum atomic E-state index is 13.3. The minimum atomic E-state index is -0.428. The van der Waals surface area contributed by atoms with E-state index >= 15 is 0 Å². The summed E-state index contributed by atoms with van der Waals surface area (Å²) in [5, 5.41) is 0. The molecule has 0 fully saturated rings. The van der Waals surface area contributed by atoms with Crippen molar-refractivity contribution in [2.75, 3.05) is 6.61 Å². The zero-order valence-electron chi connectivity index (χ0n) is 9.92. The van der Waals surface area contributed by atoms with Crippen LogP contribution in [-0.2, 0) is 4.79 Å². The normalized spacial score (nSPS) is 12.2. The molecule has 1 unspecified atom stereocenters. The van der Waals surface area contributed by atoms with Gasteiger partial charge < -0.3 is 4.74 Å². The molecule has 0 spiro atoms. The van der Waals surface area contributed by atoms with Gasteiger partial charge in [0, 0.05) is 5.92 Å². The van der Waals surface area contributed by atoms with Crippen LogP contribution in [0, 0.1) is 18.7 Å². The lowest BCUT2D eigenvalue weighted by molar-refractivity contribution is -0.124. The molecule has 1 aromatic rings. The number of Topliss-reactive ketones (excluding diaryl/α,β-unsaturated/α-hetero) is 1. The predicted molar refractivity (Wildman–Crippen MR) is 61.1 cm³/mol. The van der Waals surface area contributed by atoms with Crippen molar-refractivity contribution in [1.82, 2.24) is 0 Å². The summed E-state index contributed by atoms with van der Waals surface area (Å²) in [6, 6.07) is 4.61. The van der Waals surface area contributed by atoms with Crippen LogP contribution in [0.25, 0.3) is 0 Å². The number of aryl methyl sites for hydroxylation is 1. The fourth-order valence-corrected chi connectivity index (χ4v) is 1.24. The summed E-state index contributed by atoms with van der Waals surface area (Å²) in [5.74, 6) is -0.310. The average molecular weight is 224 g/mol. The molecule has 0 aliphatic rings. The van der Waals surface area contributed by atoms with Crippen molar-refractivity contribution in [3.8, 4) is 5.75 Å². The summed E-state index contributed by atoms with van der Waals surface area (Å²) in [6.07, 6.45) is 0.776. The number of rotatable bonds is 5. The summed E-state index contributed by atoms with van der Waals surface area (Å²) in [4.78, 5) is 11.5. The molecule has 0 radical (unpaired) electrons. The lowest BCUT2D eigenvalue weighted by Gasteiger charge is -2.10. The SMILES string of the molecule is CCC(C)C(=O)COc1cc(C)ccc1F. The van der Waals surface area contributed by atoms with E-state index in [1.807, 2.05) is 20.8 Å². The van der Waals surface area contributed by atoms with Crippen LogP contribution in [0.4, 0.5) is 4.39 Å². The maximum Gasteiger partial charge on any atom is 0.172 e. The lowest BCUT2D eigenvalue weighted by Crippen LogP contribution is -2.19. The van der Waals surface area contributed by atoms with Gasteiger partial charge in [-0.1, -0.05) is 19.9 Å². The van der Waals surface area contributed by atoms with E-state index in [4.69, 9.17) is 4.74 Å². The molecule has 0 N–H and O–H groups in total. The Morgan fingerprint density at radius 1 is 1.50 bits per heavy atom. The van der Waals surface area contributed by atoms with Gasteiger partial charge in [0.25, 0.3) is 0 Å². The number of hydrogen-bond donors (Lipinski definition) is 0. The van der Waals surface area contributed by atoms with Crippen molar-refractivity contribution in [2.24, 2.45) is 5.92 Å². The number of ether oxygens (including phenoxy) is 1. The monoisotopic (exact) mass is 224 g/mol. The first-order valence-electron chi connectivity index (χ1n) is 5.46. The maximum absolute atomic E-state index is 13.3. The Balaban J connectivity index is 2.61. The second kappa shape index (κ2) is 5.64. The summed E-state index contributed by atoms with van der Waals surface area (Å²) in [7, 11) is 0. The Morgan fingerprint density at radius 2 is 2.19 bits per heavy atom. The number of ketones is 1. The Hall–Kier alpha value is -1.38. The van der Waals surface area contributed by atoms with Gasteiger partial charge in [0.1, 0.15) is 6.61 Å². The summed E-state index contributed by atoms with van der Waals surface area (Å²) >= 11 is 0. The molecular weight excluding hydrogens is 207 g/mol. The van der Waals surface area contributed by atoms with E-state index < -0.39 is 5.82 Å². The second-order valence-electron chi connectivity index (χ2n) is 4.00. The predicted octanol–water partition coefficient (Wildman–Crippen LogP) is 3.13. The van der Waals surface area contributed by atoms with Crippen LogP contribution < -0.4 is 4.74 Å². The van der Waals surface area contributed by atoms with E-state index in [0.29, 0.717) is 0 Å². The number of carbonyl (C=O) groups excluding carboxylic acids is 1.